The van der Waals surface area contributed by atoms with Crippen molar-refractivity contribution < 1.29 is 18.3 Å². The Labute approximate surface area is 240 Å². The lowest BCUT2D eigenvalue weighted by Gasteiger charge is -2.20. The Kier molecular flexibility index (Phi) is 7.94. The third-order valence-electron chi connectivity index (χ3n) is 7.37. The van der Waals surface area contributed by atoms with Gasteiger partial charge < -0.3 is 9.67 Å². The molecule has 0 aliphatic carbocycles. The Morgan fingerprint density at radius 1 is 0.951 bits per heavy atom. The SMILES string of the molecule is CCCCc1nc2ccc(N(C)S(=O)(=O)c3ccc(C)cc3)cc2n1Cc1ccc(-c2ccccc2C(=O)O)cc1. The summed E-state index contributed by atoms with van der Waals surface area (Å²) >= 11 is 0. The number of nitrogens with zero attached hydrogens (tertiary/aromatic N) is 3. The van der Waals surface area contributed by atoms with E-state index >= 15 is 0 Å². The van der Waals surface area contributed by atoms with Crippen LogP contribution in [0, 0.1) is 6.92 Å². The van der Waals surface area contributed by atoms with Gasteiger partial charge in [-0.05, 0) is 66.4 Å². The van der Waals surface area contributed by atoms with Gasteiger partial charge in [-0.3, -0.25) is 4.31 Å². The molecule has 0 saturated carbocycles. The lowest BCUT2D eigenvalue weighted by molar-refractivity contribution is 0.0697. The summed E-state index contributed by atoms with van der Waals surface area (Å²) in [6.07, 6.45) is 2.83. The van der Waals surface area contributed by atoms with Crippen LogP contribution < -0.4 is 4.31 Å². The van der Waals surface area contributed by atoms with Crippen molar-refractivity contribution >= 4 is 32.7 Å². The number of unbranched alkanes of at least 4 members (excludes halogenated alkanes) is 1. The second kappa shape index (κ2) is 11.6. The first-order chi connectivity index (χ1) is 19.7. The molecule has 8 heteroatoms. The molecule has 0 fully saturated rings. The van der Waals surface area contributed by atoms with Gasteiger partial charge in [0.05, 0.1) is 27.2 Å². The molecule has 210 valence electrons. The monoisotopic (exact) mass is 567 g/mol. The van der Waals surface area contributed by atoms with E-state index in [0.29, 0.717) is 17.8 Å². The standard InChI is InChI=1S/C33H33N3O4S/c1-4-5-10-32-34-30-20-17-26(35(3)41(39,40)27-18-11-23(2)12-19-27)21-31(30)36(32)22-24-13-15-25(16-14-24)28-8-6-7-9-29(28)33(37)38/h6-9,11-21H,4-5,10,22H2,1-3H3,(H,37,38). The Bertz CT molecular complexity index is 1810. The zero-order valence-corrected chi connectivity index (χ0v) is 24.2. The summed E-state index contributed by atoms with van der Waals surface area (Å²) in [7, 11) is -2.16. The molecule has 0 aliphatic rings. The molecule has 1 aromatic heterocycles. The van der Waals surface area contributed by atoms with Gasteiger partial charge >= 0.3 is 5.97 Å². The van der Waals surface area contributed by atoms with Gasteiger partial charge in [0.25, 0.3) is 10.0 Å². The van der Waals surface area contributed by atoms with Crippen LogP contribution in [-0.4, -0.2) is 36.1 Å². The molecule has 0 amide bonds. The lowest BCUT2D eigenvalue weighted by atomic mass is 9.99. The second-order valence-electron chi connectivity index (χ2n) is 10.2. The molecule has 1 N–H and O–H groups in total. The van der Waals surface area contributed by atoms with Gasteiger partial charge in [0.1, 0.15) is 5.82 Å². The summed E-state index contributed by atoms with van der Waals surface area (Å²) in [5, 5.41) is 9.59. The highest BCUT2D eigenvalue weighted by atomic mass is 32.2. The number of rotatable bonds is 10. The summed E-state index contributed by atoms with van der Waals surface area (Å²) in [4.78, 5) is 16.8. The molecule has 41 heavy (non-hydrogen) atoms. The average Bonchev–Trinajstić information content (AvgIpc) is 3.32. The number of aromatic nitrogens is 2. The van der Waals surface area contributed by atoms with Crippen molar-refractivity contribution in [3.05, 3.63) is 114 Å². The van der Waals surface area contributed by atoms with Crippen molar-refractivity contribution in [2.75, 3.05) is 11.4 Å². The molecule has 1 heterocycles. The van der Waals surface area contributed by atoms with Crippen LogP contribution in [0.25, 0.3) is 22.2 Å². The van der Waals surface area contributed by atoms with Crippen LogP contribution in [-0.2, 0) is 23.0 Å². The van der Waals surface area contributed by atoms with E-state index in [-0.39, 0.29) is 10.5 Å². The van der Waals surface area contributed by atoms with Crippen LogP contribution in [0.4, 0.5) is 5.69 Å². The summed E-state index contributed by atoms with van der Waals surface area (Å²) in [6, 6.07) is 27.3. The first kappa shape index (κ1) is 28.1. The number of aryl methyl sites for hydroxylation is 2. The van der Waals surface area contributed by atoms with E-state index in [1.807, 2.05) is 55.5 Å². The van der Waals surface area contributed by atoms with E-state index in [1.54, 1.807) is 49.5 Å². The number of sulfonamides is 1. The highest BCUT2D eigenvalue weighted by molar-refractivity contribution is 7.92. The van der Waals surface area contributed by atoms with Crippen LogP contribution in [0.2, 0.25) is 0 Å². The number of imidazole rings is 1. The predicted octanol–water partition coefficient (Wildman–Crippen LogP) is 6.93. The van der Waals surface area contributed by atoms with Crippen LogP contribution in [0.3, 0.4) is 0 Å². The van der Waals surface area contributed by atoms with E-state index in [0.717, 1.165) is 52.8 Å². The molecular weight excluding hydrogens is 534 g/mol. The Balaban J connectivity index is 1.51. The van der Waals surface area contributed by atoms with Crippen LogP contribution in [0.15, 0.2) is 95.9 Å². The predicted molar refractivity (Wildman–Crippen MR) is 163 cm³/mol. The van der Waals surface area contributed by atoms with Gasteiger partial charge in [-0.1, -0.05) is 73.5 Å². The van der Waals surface area contributed by atoms with Gasteiger partial charge in [0.15, 0.2) is 0 Å². The molecule has 0 aliphatic heterocycles. The summed E-state index contributed by atoms with van der Waals surface area (Å²) in [5.74, 6) is -0.0105. The number of anilines is 1. The number of hydrogen-bond acceptors (Lipinski definition) is 4. The van der Waals surface area contributed by atoms with Crippen LogP contribution in [0.5, 0.6) is 0 Å². The fourth-order valence-corrected chi connectivity index (χ4v) is 6.15. The molecule has 7 nitrogen and oxygen atoms in total. The number of hydrogen-bond donors (Lipinski definition) is 1. The number of carboxylic acids is 1. The molecule has 0 saturated heterocycles. The maximum atomic E-state index is 13.4. The molecule has 4 aromatic carbocycles. The van der Waals surface area contributed by atoms with Crippen molar-refractivity contribution in [1.82, 2.24) is 9.55 Å². The fraction of sp³-hybridized carbons (Fsp3) is 0.212. The number of carboxylic acid groups (broad SMARTS) is 1. The molecule has 5 aromatic rings. The first-order valence-corrected chi connectivity index (χ1v) is 15.1. The number of carbonyl (C=O) groups is 1. The third kappa shape index (κ3) is 5.74. The summed E-state index contributed by atoms with van der Waals surface area (Å²) in [6.45, 7) is 4.62. The van der Waals surface area contributed by atoms with Crippen molar-refractivity contribution in [3.63, 3.8) is 0 Å². The minimum atomic E-state index is -3.74. The minimum absolute atomic E-state index is 0.243. The molecule has 0 bridgehead atoms. The van der Waals surface area contributed by atoms with Gasteiger partial charge in [-0.2, -0.15) is 0 Å². The molecule has 0 spiro atoms. The fourth-order valence-electron chi connectivity index (χ4n) is 4.96. The van der Waals surface area contributed by atoms with Gasteiger partial charge in [-0.15, -0.1) is 0 Å². The van der Waals surface area contributed by atoms with Crippen molar-refractivity contribution in [3.8, 4) is 11.1 Å². The minimum Gasteiger partial charge on any atom is -0.478 e. The van der Waals surface area contributed by atoms with Gasteiger partial charge in [0.2, 0.25) is 0 Å². The quantitative estimate of drug-likeness (QED) is 0.198. The smallest absolute Gasteiger partial charge is 0.336 e. The highest BCUT2D eigenvalue weighted by Crippen LogP contribution is 2.29. The van der Waals surface area contributed by atoms with E-state index in [9.17, 15) is 18.3 Å². The van der Waals surface area contributed by atoms with Crippen molar-refractivity contribution in [2.45, 2.75) is 44.6 Å². The van der Waals surface area contributed by atoms with Crippen molar-refractivity contribution in [1.29, 1.82) is 0 Å². The maximum absolute atomic E-state index is 13.4. The van der Waals surface area contributed by atoms with E-state index in [1.165, 1.54) is 4.31 Å². The van der Waals surface area contributed by atoms with Crippen LogP contribution in [0.1, 0.15) is 47.1 Å². The Hall–Kier alpha value is -4.43. The van der Waals surface area contributed by atoms with Gasteiger partial charge in [0, 0.05) is 20.0 Å². The number of fused-ring (bicyclic) bond motifs is 1. The topological polar surface area (TPSA) is 92.5 Å². The van der Waals surface area contributed by atoms with Crippen LogP contribution >= 0.6 is 0 Å². The molecule has 0 atom stereocenters. The zero-order valence-electron chi connectivity index (χ0n) is 23.4. The van der Waals surface area contributed by atoms with Crippen molar-refractivity contribution in [2.24, 2.45) is 0 Å². The molecule has 0 unspecified atom stereocenters. The largest absolute Gasteiger partial charge is 0.478 e. The first-order valence-electron chi connectivity index (χ1n) is 13.7. The number of aromatic carboxylic acids is 1. The molecule has 0 radical (unpaired) electrons. The summed E-state index contributed by atoms with van der Waals surface area (Å²) in [5.41, 5.74) is 6.03. The Morgan fingerprint density at radius 3 is 2.34 bits per heavy atom. The maximum Gasteiger partial charge on any atom is 0.336 e. The zero-order chi connectivity index (χ0) is 29.1. The molecule has 5 rings (SSSR count). The van der Waals surface area contributed by atoms with E-state index in [2.05, 4.69) is 11.5 Å². The highest BCUT2D eigenvalue weighted by Gasteiger charge is 2.22. The average molecular weight is 568 g/mol. The summed E-state index contributed by atoms with van der Waals surface area (Å²) < 4.78 is 30.2. The lowest BCUT2D eigenvalue weighted by Crippen LogP contribution is -2.26. The normalized spacial score (nSPS) is 11.6. The second-order valence-corrected chi connectivity index (χ2v) is 12.2. The van der Waals surface area contributed by atoms with Gasteiger partial charge in [-0.25, -0.2) is 18.2 Å². The number of benzene rings is 4. The Morgan fingerprint density at radius 2 is 1.66 bits per heavy atom. The third-order valence-corrected chi connectivity index (χ3v) is 9.17. The molecular formula is C33H33N3O4S. The van der Waals surface area contributed by atoms with E-state index < -0.39 is 16.0 Å². The van der Waals surface area contributed by atoms with E-state index in [4.69, 9.17) is 4.98 Å².